The second kappa shape index (κ2) is 6.31. The zero-order chi connectivity index (χ0) is 14.7. The van der Waals surface area contributed by atoms with Crippen LogP contribution < -0.4 is 0 Å². The van der Waals surface area contributed by atoms with Crippen LogP contribution >= 0.6 is 11.8 Å². The van der Waals surface area contributed by atoms with Gasteiger partial charge < -0.3 is 0 Å². The minimum absolute atomic E-state index is 0.154. The van der Waals surface area contributed by atoms with Crippen LogP contribution in [-0.2, 0) is 5.75 Å². The Hall–Kier alpha value is -1.80. The first-order chi connectivity index (χ1) is 10.2. The molecule has 1 unspecified atom stereocenters. The molecule has 105 valence electrons. The standard InChI is InChI=1S/C19H16FS/c1-14(21-13-15-9-11-17(20)12-10-15)18-8-4-6-16-5-2-3-7-19(16)18/h2-12,14H,1,13H2. The Morgan fingerprint density at radius 1 is 0.905 bits per heavy atom. The van der Waals surface area contributed by atoms with Crippen molar-refractivity contribution < 1.29 is 4.39 Å². The van der Waals surface area contributed by atoms with Crippen LogP contribution in [0.1, 0.15) is 16.4 Å². The van der Waals surface area contributed by atoms with E-state index in [2.05, 4.69) is 49.4 Å². The number of fused-ring (bicyclic) bond motifs is 1. The maximum atomic E-state index is 12.9. The van der Waals surface area contributed by atoms with E-state index in [1.54, 1.807) is 11.8 Å². The fourth-order valence-electron chi connectivity index (χ4n) is 2.40. The molecule has 0 saturated heterocycles. The summed E-state index contributed by atoms with van der Waals surface area (Å²) in [5, 5.41) is 2.65. The normalized spacial score (nSPS) is 12.5. The molecule has 21 heavy (non-hydrogen) atoms. The number of rotatable bonds is 4. The second-order valence-corrected chi connectivity index (χ2v) is 6.19. The summed E-state index contributed by atoms with van der Waals surface area (Å²) >= 11 is 1.77. The highest BCUT2D eigenvalue weighted by Crippen LogP contribution is 2.34. The maximum absolute atomic E-state index is 12.9. The first kappa shape index (κ1) is 14.2. The van der Waals surface area contributed by atoms with Gasteiger partial charge in [-0.2, -0.15) is 0 Å². The molecule has 2 heteroatoms. The molecule has 0 saturated carbocycles. The van der Waals surface area contributed by atoms with Crippen LogP contribution in [0.3, 0.4) is 0 Å². The minimum Gasteiger partial charge on any atom is -0.207 e. The largest absolute Gasteiger partial charge is 0.207 e. The number of halogens is 1. The molecule has 0 fully saturated rings. The maximum Gasteiger partial charge on any atom is 0.123 e. The van der Waals surface area contributed by atoms with Crippen LogP contribution in [0, 0.1) is 12.7 Å². The van der Waals surface area contributed by atoms with Crippen LogP contribution in [-0.4, -0.2) is 0 Å². The van der Waals surface area contributed by atoms with Crippen molar-refractivity contribution in [2.24, 2.45) is 0 Å². The number of hydrogen-bond donors (Lipinski definition) is 0. The molecule has 0 nitrogen and oxygen atoms in total. The van der Waals surface area contributed by atoms with E-state index in [1.165, 1.54) is 28.5 Å². The molecular formula is C19H16FS. The zero-order valence-corrected chi connectivity index (χ0v) is 12.4. The van der Waals surface area contributed by atoms with Gasteiger partial charge in [0.05, 0.1) is 0 Å². The fraction of sp³-hybridized carbons (Fsp3) is 0.105. The van der Waals surface area contributed by atoms with E-state index in [-0.39, 0.29) is 11.1 Å². The molecule has 0 heterocycles. The molecule has 0 bridgehead atoms. The molecule has 3 rings (SSSR count). The molecule has 0 aliphatic rings. The average molecular weight is 295 g/mol. The van der Waals surface area contributed by atoms with Crippen molar-refractivity contribution in [3.05, 3.63) is 90.6 Å². The average Bonchev–Trinajstić information content (AvgIpc) is 2.53. The van der Waals surface area contributed by atoms with Gasteiger partial charge in [-0.05, 0) is 41.0 Å². The van der Waals surface area contributed by atoms with Crippen molar-refractivity contribution in [2.75, 3.05) is 0 Å². The molecular weight excluding hydrogens is 279 g/mol. The molecule has 3 aromatic rings. The Morgan fingerprint density at radius 3 is 2.43 bits per heavy atom. The zero-order valence-electron chi connectivity index (χ0n) is 11.6. The van der Waals surface area contributed by atoms with Gasteiger partial charge in [-0.25, -0.2) is 4.39 Å². The Bertz CT molecular complexity index is 729. The van der Waals surface area contributed by atoms with Crippen molar-refractivity contribution in [3.8, 4) is 0 Å². The lowest BCUT2D eigenvalue weighted by atomic mass is 10.0. The van der Waals surface area contributed by atoms with Crippen LogP contribution in [0.5, 0.6) is 0 Å². The molecule has 0 aromatic heterocycles. The first-order valence-electron chi connectivity index (χ1n) is 6.91. The molecule has 0 aliphatic heterocycles. The van der Waals surface area contributed by atoms with Gasteiger partial charge in [-0.3, -0.25) is 0 Å². The van der Waals surface area contributed by atoms with Crippen LogP contribution in [0.15, 0.2) is 66.7 Å². The van der Waals surface area contributed by atoms with Gasteiger partial charge in [-0.1, -0.05) is 54.6 Å². The Balaban J connectivity index is 1.78. The summed E-state index contributed by atoms with van der Waals surface area (Å²) < 4.78 is 12.9. The summed E-state index contributed by atoms with van der Waals surface area (Å²) in [6.45, 7) is 4.28. The molecule has 0 N–H and O–H groups in total. The molecule has 1 radical (unpaired) electrons. The molecule has 0 spiro atoms. The van der Waals surface area contributed by atoms with E-state index in [0.29, 0.717) is 0 Å². The lowest BCUT2D eigenvalue weighted by molar-refractivity contribution is 0.627. The Labute approximate surface area is 129 Å². The molecule has 1 atom stereocenters. The van der Waals surface area contributed by atoms with E-state index >= 15 is 0 Å². The Kier molecular flexibility index (Phi) is 4.26. The van der Waals surface area contributed by atoms with Gasteiger partial charge in [0.25, 0.3) is 0 Å². The van der Waals surface area contributed by atoms with Crippen molar-refractivity contribution in [1.82, 2.24) is 0 Å². The predicted octanol–water partition coefficient (Wildman–Crippen LogP) is 5.79. The number of thioether (sulfide) groups is 1. The van der Waals surface area contributed by atoms with Crippen LogP contribution in [0.25, 0.3) is 10.8 Å². The van der Waals surface area contributed by atoms with Gasteiger partial charge in [0.2, 0.25) is 0 Å². The van der Waals surface area contributed by atoms with Crippen molar-refractivity contribution in [2.45, 2.75) is 11.0 Å². The fourth-order valence-corrected chi connectivity index (χ4v) is 3.37. The SMILES string of the molecule is [CH2]C(SCc1ccc(F)cc1)c1cccc2ccccc12. The van der Waals surface area contributed by atoms with E-state index < -0.39 is 0 Å². The van der Waals surface area contributed by atoms with Crippen LogP contribution in [0.2, 0.25) is 0 Å². The monoisotopic (exact) mass is 295 g/mol. The quantitative estimate of drug-likeness (QED) is 0.587. The minimum atomic E-state index is -0.191. The second-order valence-electron chi connectivity index (χ2n) is 4.99. The number of hydrogen-bond acceptors (Lipinski definition) is 1. The van der Waals surface area contributed by atoms with Gasteiger partial charge in [-0.15, -0.1) is 11.8 Å². The molecule has 0 amide bonds. The number of benzene rings is 3. The highest BCUT2D eigenvalue weighted by atomic mass is 32.2. The summed E-state index contributed by atoms with van der Waals surface area (Å²) in [6.07, 6.45) is 0. The smallest absolute Gasteiger partial charge is 0.123 e. The highest BCUT2D eigenvalue weighted by molar-refractivity contribution is 7.98. The third kappa shape index (κ3) is 3.27. The van der Waals surface area contributed by atoms with Gasteiger partial charge in [0.1, 0.15) is 5.82 Å². The van der Waals surface area contributed by atoms with Crippen LogP contribution in [0.4, 0.5) is 4.39 Å². The van der Waals surface area contributed by atoms with Crippen molar-refractivity contribution in [3.63, 3.8) is 0 Å². The van der Waals surface area contributed by atoms with E-state index in [0.717, 1.165) is 11.3 Å². The highest BCUT2D eigenvalue weighted by Gasteiger charge is 2.10. The lowest BCUT2D eigenvalue weighted by Crippen LogP contribution is -1.92. The predicted molar refractivity (Wildman–Crippen MR) is 89.7 cm³/mol. The Morgan fingerprint density at radius 2 is 1.62 bits per heavy atom. The summed E-state index contributed by atoms with van der Waals surface area (Å²) in [4.78, 5) is 0. The van der Waals surface area contributed by atoms with E-state index in [4.69, 9.17) is 0 Å². The first-order valence-corrected chi connectivity index (χ1v) is 7.96. The van der Waals surface area contributed by atoms with Crippen molar-refractivity contribution in [1.29, 1.82) is 0 Å². The molecule has 0 aliphatic carbocycles. The van der Waals surface area contributed by atoms with Crippen molar-refractivity contribution >= 4 is 22.5 Å². The van der Waals surface area contributed by atoms with Gasteiger partial charge in [0.15, 0.2) is 0 Å². The summed E-state index contributed by atoms with van der Waals surface area (Å²) in [6, 6.07) is 21.4. The van der Waals surface area contributed by atoms with Gasteiger partial charge in [0, 0.05) is 11.0 Å². The van der Waals surface area contributed by atoms with E-state index in [9.17, 15) is 4.39 Å². The molecule has 3 aromatic carbocycles. The van der Waals surface area contributed by atoms with E-state index in [1.807, 2.05) is 12.1 Å². The summed E-state index contributed by atoms with van der Waals surface area (Å²) in [5.41, 5.74) is 2.37. The topological polar surface area (TPSA) is 0 Å². The van der Waals surface area contributed by atoms with Gasteiger partial charge >= 0.3 is 0 Å². The third-order valence-corrected chi connectivity index (χ3v) is 4.69. The summed E-state index contributed by atoms with van der Waals surface area (Å²) in [5.74, 6) is 0.640. The summed E-state index contributed by atoms with van der Waals surface area (Å²) in [7, 11) is 0. The third-order valence-electron chi connectivity index (χ3n) is 3.53. The lowest BCUT2D eigenvalue weighted by Gasteiger charge is -2.14.